The molecule has 1 aliphatic carbocycles. The van der Waals surface area contributed by atoms with Crippen LogP contribution in [0.3, 0.4) is 0 Å². The Morgan fingerprint density at radius 1 is 1.21 bits per heavy atom. The minimum absolute atomic E-state index is 0.0248. The van der Waals surface area contributed by atoms with Crippen LogP contribution < -0.4 is 15.9 Å². The number of nitrogens with one attached hydrogen (secondary N) is 1. The van der Waals surface area contributed by atoms with Gasteiger partial charge >= 0.3 is 5.97 Å². The van der Waals surface area contributed by atoms with E-state index in [0.717, 1.165) is 36.5 Å². The maximum atomic E-state index is 15.9. The fourth-order valence-electron chi connectivity index (χ4n) is 5.08. The van der Waals surface area contributed by atoms with E-state index in [1.165, 1.54) is 35.8 Å². The first kappa shape index (κ1) is 29.7. The number of hydrogen-bond acceptors (Lipinski definition) is 9. The molecular weight excluding hydrogens is 600 g/mol. The Bertz CT molecular complexity index is 1730. The minimum Gasteiger partial charge on any atom is -0.422 e. The number of carbonyl (C=O) groups is 1. The summed E-state index contributed by atoms with van der Waals surface area (Å²) in [7, 11) is 0. The molecule has 3 N–H and O–H groups in total. The van der Waals surface area contributed by atoms with E-state index < -0.39 is 17.6 Å². The molecule has 7 nitrogen and oxygen atoms in total. The Morgan fingerprint density at radius 2 is 1.98 bits per heavy atom. The molecule has 0 radical (unpaired) electrons. The van der Waals surface area contributed by atoms with Crippen molar-refractivity contribution in [1.29, 1.82) is 0 Å². The van der Waals surface area contributed by atoms with Crippen molar-refractivity contribution in [3.63, 3.8) is 0 Å². The summed E-state index contributed by atoms with van der Waals surface area (Å²) in [6.07, 6.45) is 5.86. The van der Waals surface area contributed by atoms with Gasteiger partial charge in [-0.1, -0.05) is 55.3 Å². The van der Waals surface area contributed by atoms with Crippen LogP contribution in [-0.2, 0) is 17.2 Å². The smallest absolute Gasteiger partial charge is 0.335 e. The van der Waals surface area contributed by atoms with Gasteiger partial charge in [-0.25, -0.2) is 18.6 Å². The maximum absolute atomic E-state index is 15.9. The molecule has 216 valence electrons. The van der Waals surface area contributed by atoms with Gasteiger partial charge in [0.1, 0.15) is 11.4 Å². The largest absolute Gasteiger partial charge is 0.422 e. The molecule has 0 aliphatic heterocycles. The average molecular weight is 626 g/mol. The van der Waals surface area contributed by atoms with Crippen molar-refractivity contribution in [3.8, 4) is 16.9 Å². The van der Waals surface area contributed by atoms with Crippen molar-refractivity contribution in [3.05, 3.63) is 76.8 Å². The monoisotopic (exact) mass is 625 g/mol. The van der Waals surface area contributed by atoms with Crippen LogP contribution in [0.4, 0.5) is 25.3 Å². The van der Waals surface area contributed by atoms with Crippen molar-refractivity contribution >= 4 is 74.3 Å². The summed E-state index contributed by atoms with van der Waals surface area (Å²) >= 11 is 12.4. The maximum Gasteiger partial charge on any atom is 0.335 e. The first-order valence-electron chi connectivity index (χ1n) is 13.2. The van der Waals surface area contributed by atoms with Crippen LogP contribution in [-0.4, -0.2) is 17.2 Å². The Labute approximate surface area is 255 Å². The van der Waals surface area contributed by atoms with Crippen LogP contribution in [0, 0.1) is 17.6 Å². The highest BCUT2D eigenvalue weighted by atomic mass is 35.5. The van der Waals surface area contributed by atoms with E-state index >= 15 is 8.78 Å². The van der Waals surface area contributed by atoms with E-state index in [9.17, 15) is 4.79 Å². The van der Waals surface area contributed by atoms with E-state index in [-0.39, 0.29) is 27.8 Å². The highest BCUT2D eigenvalue weighted by molar-refractivity contribution is 7.47. The second-order valence-corrected chi connectivity index (χ2v) is 11.8. The molecule has 1 heterocycles. The Morgan fingerprint density at radius 3 is 2.67 bits per heavy atom. The molecule has 1 aliphatic rings. The van der Waals surface area contributed by atoms with Gasteiger partial charge in [-0.05, 0) is 66.1 Å². The summed E-state index contributed by atoms with van der Waals surface area (Å²) in [5, 5.41) is 4.82. The number of anilines is 2. The fraction of sp³-hybridized carbons (Fsp3) is 0.233. The molecule has 0 bridgehead atoms. The van der Waals surface area contributed by atoms with Crippen LogP contribution in [0.15, 0.2) is 58.5 Å². The summed E-state index contributed by atoms with van der Waals surface area (Å²) < 4.78 is 41.2. The molecule has 0 amide bonds. The quantitative estimate of drug-likeness (QED) is 0.0507. The molecular formula is C30H26ClF2N5O2S2. The number of nitrogens with zero attached hydrogens (tertiary/aromatic N) is 3. The number of halogens is 3. The summed E-state index contributed by atoms with van der Waals surface area (Å²) in [5.41, 5.74) is 11.3. The van der Waals surface area contributed by atoms with Crippen LogP contribution in [0.5, 0.6) is 5.75 Å². The van der Waals surface area contributed by atoms with Gasteiger partial charge in [0.05, 0.1) is 27.1 Å². The molecule has 1 aromatic heterocycles. The summed E-state index contributed by atoms with van der Waals surface area (Å²) in [5.74, 6) is -2.07. The Hall–Kier alpha value is -3.80. The van der Waals surface area contributed by atoms with Crippen molar-refractivity contribution in [2.75, 3.05) is 11.2 Å². The molecule has 1 saturated carbocycles. The zero-order valence-electron chi connectivity index (χ0n) is 22.5. The number of thiazole rings is 1. The number of esters is 1. The van der Waals surface area contributed by atoms with Gasteiger partial charge in [-0.2, -0.15) is 9.46 Å². The number of fused-ring (bicyclic) bond motifs is 1. The fourth-order valence-corrected chi connectivity index (χ4v) is 6.29. The average Bonchev–Trinajstić information content (AvgIpc) is 3.37. The van der Waals surface area contributed by atoms with Gasteiger partial charge in [0.2, 0.25) is 5.13 Å². The standard InChI is InChI=1S/C30H26ClF2N5O2S2/c1-3-26(39)40-24-9-8-17(11-20(24)31)27-18(10-19(28(32)29(27)33)16-6-4-15(2)5-7-16)14-35-37-30-36-23-12-21(34)22(38-41)13-25(23)42-30/h3,8-16H,1,4-7,34H2,2H3,(H,36,37)/b35-14+. The van der Waals surface area contributed by atoms with E-state index in [1.54, 1.807) is 18.2 Å². The lowest BCUT2D eigenvalue weighted by Gasteiger charge is -2.27. The minimum atomic E-state index is -1.00. The summed E-state index contributed by atoms with van der Waals surface area (Å²) in [6, 6.07) is 9.41. The van der Waals surface area contributed by atoms with Gasteiger partial charge in [0.15, 0.2) is 11.6 Å². The third-order valence-electron chi connectivity index (χ3n) is 7.32. The van der Waals surface area contributed by atoms with E-state index in [1.807, 2.05) is 0 Å². The molecule has 5 rings (SSSR count). The number of hydrogen-bond donors (Lipinski definition) is 2. The normalized spacial score (nSPS) is 17.0. The van der Waals surface area contributed by atoms with Crippen molar-refractivity contribution in [2.24, 2.45) is 15.4 Å². The van der Waals surface area contributed by atoms with Gasteiger partial charge in [-0.3, -0.25) is 5.43 Å². The number of benzene rings is 3. The van der Waals surface area contributed by atoms with Gasteiger partial charge < -0.3 is 10.5 Å². The summed E-state index contributed by atoms with van der Waals surface area (Å²) in [6.45, 7) is 5.53. The number of rotatable bonds is 8. The zero-order chi connectivity index (χ0) is 30.0. The predicted molar refractivity (Wildman–Crippen MR) is 168 cm³/mol. The van der Waals surface area contributed by atoms with Crippen LogP contribution >= 0.6 is 22.9 Å². The number of hydrazone groups is 1. The SMILES string of the molecule is C=CC(=O)Oc1ccc(-c2c(/C=N/Nc3nc4cc(N)c(N=S)cc4s3)cc(C3CCC(C)CC3)c(F)c2F)cc1Cl. The molecule has 3 aromatic carbocycles. The molecule has 0 unspecified atom stereocenters. The third-order valence-corrected chi connectivity index (χ3v) is 8.73. The highest BCUT2D eigenvalue weighted by Crippen LogP contribution is 2.41. The zero-order valence-corrected chi connectivity index (χ0v) is 24.9. The lowest BCUT2D eigenvalue weighted by molar-refractivity contribution is -0.128. The van der Waals surface area contributed by atoms with Gasteiger partial charge in [-0.15, -0.1) is 0 Å². The van der Waals surface area contributed by atoms with Crippen molar-refractivity contribution in [2.45, 2.75) is 38.5 Å². The van der Waals surface area contributed by atoms with Crippen molar-refractivity contribution < 1.29 is 18.3 Å². The number of nitrogen functional groups attached to an aromatic ring is 1. The topological polar surface area (TPSA) is 102 Å². The number of carbonyl (C=O) groups excluding carboxylic acids is 1. The Kier molecular flexibility index (Phi) is 8.91. The summed E-state index contributed by atoms with van der Waals surface area (Å²) in [4.78, 5) is 16.1. The second-order valence-electron chi connectivity index (χ2n) is 10.1. The second kappa shape index (κ2) is 12.6. The van der Waals surface area contributed by atoms with Crippen LogP contribution in [0.25, 0.3) is 21.3 Å². The number of ether oxygens (including phenoxy) is 1. The van der Waals surface area contributed by atoms with E-state index in [0.29, 0.717) is 39.1 Å². The van der Waals surface area contributed by atoms with Gasteiger partial charge in [0, 0.05) is 29.6 Å². The molecule has 42 heavy (non-hydrogen) atoms. The van der Waals surface area contributed by atoms with Crippen LogP contribution in [0.2, 0.25) is 5.02 Å². The van der Waals surface area contributed by atoms with Crippen LogP contribution in [0.1, 0.15) is 49.7 Å². The van der Waals surface area contributed by atoms with E-state index in [2.05, 4.69) is 33.4 Å². The lowest BCUT2D eigenvalue weighted by atomic mass is 9.78. The Balaban J connectivity index is 1.53. The van der Waals surface area contributed by atoms with E-state index in [4.69, 9.17) is 34.5 Å². The first-order valence-corrected chi connectivity index (χ1v) is 14.7. The third kappa shape index (κ3) is 6.18. The molecule has 12 heteroatoms. The molecule has 4 aromatic rings. The highest BCUT2D eigenvalue weighted by Gasteiger charge is 2.27. The first-order chi connectivity index (χ1) is 20.2. The van der Waals surface area contributed by atoms with Gasteiger partial charge in [0.25, 0.3) is 0 Å². The molecule has 0 atom stereocenters. The molecule has 1 fully saturated rings. The molecule has 0 saturated heterocycles. The predicted octanol–water partition coefficient (Wildman–Crippen LogP) is 8.67. The number of nitrogens with two attached hydrogens (primary N) is 1. The molecule has 0 spiro atoms. The number of aromatic nitrogens is 1. The lowest BCUT2D eigenvalue weighted by Crippen LogP contribution is -2.14. The van der Waals surface area contributed by atoms with Crippen molar-refractivity contribution in [1.82, 2.24) is 4.98 Å².